The van der Waals surface area contributed by atoms with E-state index in [1.807, 2.05) is 0 Å². The summed E-state index contributed by atoms with van der Waals surface area (Å²) in [4.78, 5) is 3.09. The molecule has 0 aromatic carbocycles. The summed E-state index contributed by atoms with van der Waals surface area (Å²) >= 11 is 2.77. The molecule has 0 atom stereocenters. The first kappa shape index (κ1) is 10.6. The third-order valence-corrected chi connectivity index (χ3v) is 1.76. The minimum atomic E-state index is -4.45. The number of nitrogens with zero attached hydrogens (tertiary/aromatic N) is 1. The monoisotopic (exact) mass is 257 g/mol. The molecule has 1 aromatic heterocycles. The molecule has 0 aliphatic carbocycles. The molecule has 0 saturated carbocycles. The molecule has 0 N–H and O–H groups in total. The van der Waals surface area contributed by atoms with Gasteiger partial charge < -0.3 is 4.42 Å². The van der Waals surface area contributed by atoms with E-state index in [9.17, 15) is 13.2 Å². The molecular formula is C7H7BrF3NO. The van der Waals surface area contributed by atoms with Gasteiger partial charge in [-0.2, -0.15) is 18.2 Å². The summed E-state index contributed by atoms with van der Waals surface area (Å²) in [5.74, 6) is -0.477. The Morgan fingerprint density at radius 2 is 1.92 bits per heavy atom. The summed E-state index contributed by atoms with van der Waals surface area (Å²) < 4.78 is 41.6. The maximum absolute atomic E-state index is 12.3. The Morgan fingerprint density at radius 1 is 1.38 bits per heavy atom. The fourth-order valence-electron chi connectivity index (χ4n) is 0.899. The van der Waals surface area contributed by atoms with Crippen LogP contribution in [-0.2, 0) is 6.18 Å². The Kier molecular flexibility index (Phi) is 2.70. The number of hydrogen-bond acceptors (Lipinski definition) is 2. The Labute approximate surface area is 81.3 Å². The van der Waals surface area contributed by atoms with Gasteiger partial charge in [-0.15, -0.1) is 0 Å². The number of rotatable bonds is 1. The lowest BCUT2D eigenvalue weighted by Gasteiger charge is -2.06. The first-order chi connectivity index (χ1) is 5.82. The van der Waals surface area contributed by atoms with Crippen LogP contribution in [0, 0.1) is 0 Å². The van der Waals surface area contributed by atoms with E-state index in [1.54, 1.807) is 13.8 Å². The van der Waals surface area contributed by atoms with Gasteiger partial charge in [0, 0.05) is 21.8 Å². The molecule has 0 saturated heterocycles. The maximum atomic E-state index is 12.3. The van der Waals surface area contributed by atoms with E-state index >= 15 is 0 Å². The van der Waals surface area contributed by atoms with E-state index in [0.29, 0.717) is 0 Å². The predicted molar refractivity (Wildman–Crippen MR) is 43.3 cm³/mol. The van der Waals surface area contributed by atoms with Crippen molar-refractivity contribution in [2.75, 3.05) is 0 Å². The van der Waals surface area contributed by atoms with E-state index < -0.39 is 11.9 Å². The minimum Gasteiger partial charge on any atom is -0.435 e. The van der Waals surface area contributed by atoms with E-state index in [-0.39, 0.29) is 16.5 Å². The summed E-state index contributed by atoms with van der Waals surface area (Å²) in [6.07, 6.45) is -4.45. The largest absolute Gasteiger partial charge is 0.436 e. The van der Waals surface area contributed by atoms with Crippen LogP contribution >= 0.6 is 15.9 Å². The van der Waals surface area contributed by atoms with Crippen molar-refractivity contribution < 1.29 is 17.6 Å². The molecule has 0 aliphatic heterocycles. The van der Waals surface area contributed by atoms with Crippen molar-refractivity contribution in [1.82, 2.24) is 4.98 Å². The van der Waals surface area contributed by atoms with Gasteiger partial charge in [0.2, 0.25) is 0 Å². The van der Waals surface area contributed by atoms with Crippen molar-refractivity contribution in [3.05, 3.63) is 16.3 Å². The molecule has 0 unspecified atom stereocenters. The molecule has 2 nitrogen and oxygen atoms in total. The van der Waals surface area contributed by atoms with E-state index in [2.05, 4.69) is 20.9 Å². The second kappa shape index (κ2) is 3.32. The van der Waals surface area contributed by atoms with Crippen molar-refractivity contribution >= 4 is 15.9 Å². The first-order valence-corrected chi connectivity index (χ1v) is 4.35. The van der Waals surface area contributed by atoms with Crippen LogP contribution in [0.2, 0.25) is 0 Å². The van der Waals surface area contributed by atoms with Crippen LogP contribution in [0.4, 0.5) is 13.2 Å². The number of halogens is 4. The van der Waals surface area contributed by atoms with Crippen LogP contribution in [0.15, 0.2) is 9.22 Å². The van der Waals surface area contributed by atoms with E-state index in [0.717, 1.165) is 0 Å². The summed E-state index contributed by atoms with van der Waals surface area (Å²) in [6.45, 7) is 3.23. The van der Waals surface area contributed by atoms with Gasteiger partial charge in [-0.05, 0) is 0 Å². The van der Waals surface area contributed by atoms with Crippen LogP contribution in [0.5, 0.6) is 0 Å². The highest BCUT2D eigenvalue weighted by molar-refractivity contribution is 9.10. The standard InChI is InChI=1S/C7H7BrF3NO/c1-3(2)4-5(7(9,10)11)12-6(8)13-4/h3H,1-2H3. The SMILES string of the molecule is CC(C)c1oc(Br)nc1C(F)(F)F. The molecule has 0 radical (unpaired) electrons. The molecule has 0 fully saturated rings. The van der Waals surface area contributed by atoms with Gasteiger partial charge in [0.25, 0.3) is 4.80 Å². The third-order valence-electron chi connectivity index (χ3n) is 1.42. The quantitative estimate of drug-likeness (QED) is 0.769. The Morgan fingerprint density at radius 3 is 2.23 bits per heavy atom. The zero-order chi connectivity index (χ0) is 10.2. The highest BCUT2D eigenvalue weighted by atomic mass is 79.9. The van der Waals surface area contributed by atoms with Crippen LogP contribution in [0.1, 0.15) is 31.2 Å². The van der Waals surface area contributed by atoms with Crippen molar-refractivity contribution in [2.45, 2.75) is 25.9 Å². The van der Waals surface area contributed by atoms with E-state index in [4.69, 9.17) is 4.42 Å². The topological polar surface area (TPSA) is 26.0 Å². The van der Waals surface area contributed by atoms with Crippen molar-refractivity contribution in [3.63, 3.8) is 0 Å². The molecule has 0 amide bonds. The second-order valence-electron chi connectivity index (χ2n) is 2.83. The highest BCUT2D eigenvalue weighted by Crippen LogP contribution is 2.36. The first-order valence-electron chi connectivity index (χ1n) is 3.55. The number of hydrogen-bond donors (Lipinski definition) is 0. The van der Waals surface area contributed by atoms with Crippen molar-refractivity contribution in [1.29, 1.82) is 0 Å². The summed E-state index contributed by atoms with van der Waals surface area (Å²) in [6, 6.07) is 0. The molecule has 1 heterocycles. The summed E-state index contributed by atoms with van der Waals surface area (Å²) in [7, 11) is 0. The molecule has 13 heavy (non-hydrogen) atoms. The van der Waals surface area contributed by atoms with Crippen LogP contribution in [0.25, 0.3) is 0 Å². The maximum Gasteiger partial charge on any atom is 0.436 e. The molecule has 1 rings (SSSR count). The number of alkyl halides is 3. The zero-order valence-electron chi connectivity index (χ0n) is 6.94. The lowest BCUT2D eigenvalue weighted by molar-refractivity contribution is -0.142. The van der Waals surface area contributed by atoms with Gasteiger partial charge in [0.05, 0.1) is 0 Å². The molecule has 0 aliphatic rings. The average molecular weight is 258 g/mol. The fraction of sp³-hybridized carbons (Fsp3) is 0.571. The molecule has 0 spiro atoms. The zero-order valence-corrected chi connectivity index (χ0v) is 8.53. The highest BCUT2D eigenvalue weighted by Gasteiger charge is 2.39. The van der Waals surface area contributed by atoms with Gasteiger partial charge >= 0.3 is 6.18 Å². The van der Waals surface area contributed by atoms with Crippen LogP contribution < -0.4 is 0 Å². The Bertz CT molecular complexity index is 305. The normalized spacial score (nSPS) is 12.5. The molecule has 0 bridgehead atoms. The number of oxazole rings is 1. The number of aromatic nitrogens is 1. The lowest BCUT2D eigenvalue weighted by Crippen LogP contribution is -2.09. The smallest absolute Gasteiger partial charge is 0.435 e. The van der Waals surface area contributed by atoms with Gasteiger partial charge in [-0.3, -0.25) is 0 Å². The predicted octanol–water partition coefficient (Wildman–Crippen LogP) is 3.58. The third kappa shape index (κ3) is 2.24. The van der Waals surface area contributed by atoms with Gasteiger partial charge in [0.1, 0.15) is 5.76 Å². The van der Waals surface area contributed by atoms with Crippen molar-refractivity contribution in [3.8, 4) is 0 Å². The summed E-state index contributed by atoms with van der Waals surface area (Å²) in [5, 5.41) is 0. The van der Waals surface area contributed by atoms with E-state index in [1.165, 1.54) is 0 Å². The molecule has 1 aromatic rings. The van der Waals surface area contributed by atoms with Crippen molar-refractivity contribution in [2.24, 2.45) is 0 Å². The summed E-state index contributed by atoms with van der Waals surface area (Å²) in [5.41, 5.74) is -0.950. The van der Waals surface area contributed by atoms with Gasteiger partial charge in [-0.1, -0.05) is 13.8 Å². The second-order valence-corrected chi connectivity index (χ2v) is 3.51. The van der Waals surface area contributed by atoms with Crippen LogP contribution in [0.3, 0.4) is 0 Å². The van der Waals surface area contributed by atoms with Gasteiger partial charge in [-0.25, -0.2) is 0 Å². The molecular weight excluding hydrogens is 251 g/mol. The van der Waals surface area contributed by atoms with Crippen LogP contribution in [-0.4, -0.2) is 4.98 Å². The molecule has 74 valence electrons. The Hall–Kier alpha value is -0.520. The molecule has 6 heteroatoms. The van der Waals surface area contributed by atoms with Gasteiger partial charge in [0.15, 0.2) is 5.69 Å². The minimum absolute atomic E-state index is 0.136. The fourth-order valence-corrected chi connectivity index (χ4v) is 1.25. The Balaban J connectivity index is 3.20. The lowest BCUT2D eigenvalue weighted by atomic mass is 10.1. The average Bonchev–Trinajstić information content (AvgIpc) is 2.29.